The Morgan fingerprint density at radius 3 is 2.45 bits per heavy atom. The van der Waals surface area contributed by atoms with Gasteiger partial charge in [-0.25, -0.2) is 0 Å². The minimum atomic E-state index is -0.730. The summed E-state index contributed by atoms with van der Waals surface area (Å²) < 4.78 is 0. The molecule has 156 valence electrons. The van der Waals surface area contributed by atoms with Gasteiger partial charge in [0.15, 0.2) is 0 Å². The average molecular weight is 458 g/mol. The molecular formula is C19H12ClN5O5S. The van der Waals surface area contributed by atoms with E-state index in [1.165, 1.54) is 12.1 Å². The molecule has 4 rings (SSSR count). The van der Waals surface area contributed by atoms with Crippen molar-refractivity contribution in [2.75, 3.05) is 11.9 Å². The molecule has 2 heterocycles. The number of hydrogen-bond donors (Lipinski definition) is 1. The van der Waals surface area contributed by atoms with Crippen molar-refractivity contribution in [2.45, 2.75) is 6.42 Å². The molecule has 3 aromatic rings. The molecular weight excluding hydrogens is 446 g/mol. The molecule has 0 bridgehead atoms. The number of hydrogen-bond acceptors (Lipinski definition) is 8. The van der Waals surface area contributed by atoms with Crippen molar-refractivity contribution in [1.82, 2.24) is 15.1 Å². The van der Waals surface area contributed by atoms with E-state index in [1.807, 2.05) is 0 Å². The van der Waals surface area contributed by atoms with Gasteiger partial charge in [0.05, 0.1) is 16.1 Å². The van der Waals surface area contributed by atoms with E-state index in [2.05, 4.69) is 15.5 Å². The molecule has 1 N–H and O–H groups in total. The monoisotopic (exact) mass is 457 g/mol. The highest BCUT2D eigenvalue weighted by molar-refractivity contribution is 7.15. The molecule has 0 unspecified atom stereocenters. The van der Waals surface area contributed by atoms with Gasteiger partial charge in [-0.05, 0) is 24.3 Å². The first-order chi connectivity index (χ1) is 14.8. The maximum atomic E-state index is 12.4. The third-order valence-electron chi connectivity index (χ3n) is 4.52. The van der Waals surface area contributed by atoms with Crippen molar-refractivity contribution in [3.05, 3.63) is 79.3 Å². The number of rotatable bonds is 6. The molecule has 1 aliphatic heterocycles. The van der Waals surface area contributed by atoms with Crippen LogP contribution in [0.3, 0.4) is 0 Å². The Morgan fingerprint density at radius 2 is 1.81 bits per heavy atom. The smallest absolute Gasteiger partial charge is 0.283 e. The summed E-state index contributed by atoms with van der Waals surface area (Å²) >= 11 is 6.80. The lowest BCUT2D eigenvalue weighted by atomic mass is 10.1. The number of nitrogens with one attached hydrogen (secondary N) is 1. The first-order valence-electron chi connectivity index (χ1n) is 8.88. The number of halogens is 1. The molecule has 3 amide bonds. The lowest BCUT2D eigenvalue weighted by Crippen LogP contribution is -2.31. The number of nitrogens with zero attached hydrogens (tertiary/aromatic N) is 4. The Balaban J connectivity index is 1.42. The van der Waals surface area contributed by atoms with E-state index in [9.17, 15) is 24.5 Å². The summed E-state index contributed by atoms with van der Waals surface area (Å²) in [6.07, 6.45) is 0.250. The van der Waals surface area contributed by atoms with Gasteiger partial charge in [0.1, 0.15) is 10.6 Å². The second-order valence-corrected chi connectivity index (χ2v) is 7.93. The van der Waals surface area contributed by atoms with Crippen LogP contribution in [-0.2, 0) is 6.42 Å². The molecule has 0 radical (unpaired) electrons. The second-order valence-electron chi connectivity index (χ2n) is 6.43. The van der Waals surface area contributed by atoms with Crippen LogP contribution < -0.4 is 5.32 Å². The second kappa shape index (κ2) is 8.20. The molecule has 2 aromatic carbocycles. The molecule has 1 aliphatic rings. The first kappa shape index (κ1) is 20.6. The van der Waals surface area contributed by atoms with E-state index in [1.54, 1.807) is 24.3 Å². The maximum Gasteiger partial charge on any atom is 0.283 e. The van der Waals surface area contributed by atoms with Crippen LogP contribution in [0.5, 0.6) is 0 Å². The van der Waals surface area contributed by atoms with Gasteiger partial charge in [0.2, 0.25) is 5.13 Å². The molecule has 0 saturated carbocycles. The fraction of sp³-hybridized carbons (Fsp3) is 0.105. The predicted octanol–water partition coefficient (Wildman–Crippen LogP) is 3.19. The number of anilines is 1. The van der Waals surface area contributed by atoms with Gasteiger partial charge in [-0.1, -0.05) is 35.1 Å². The number of benzene rings is 2. The van der Waals surface area contributed by atoms with Crippen molar-refractivity contribution >= 4 is 51.5 Å². The Morgan fingerprint density at radius 1 is 1.13 bits per heavy atom. The minimum Gasteiger partial charge on any atom is -0.296 e. The van der Waals surface area contributed by atoms with E-state index in [4.69, 9.17) is 11.6 Å². The molecule has 0 fully saturated rings. The van der Waals surface area contributed by atoms with Gasteiger partial charge >= 0.3 is 0 Å². The Bertz CT molecular complexity index is 1210. The SMILES string of the molecule is O=C(Nc1nnc(CCN2C(=O)c3ccccc3C2=O)s1)c1ccc(Cl)cc1[N+](=O)[O-]. The Labute approximate surface area is 183 Å². The number of carbonyl (C=O) groups is 3. The number of imide groups is 1. The zero-order chi connectivity index (χ0) is 22.1. The third kappa shape index (κ3) is 4.00. The largest absolute Gasteiger partial charge is 0.296 e. The van der Waals surface area contributed by atoms with Gasteiger partial charge in [0.25, 0.3) is 23.4 Å². The van der Waals surface area contributed by atoms with Crippen LogP contribution in [0, 0.1) is 10.1 Å². The number of nitro groups is 1. The van der Waals surface area contributed by atoms with E-state index in [-0.39, 0.29) is 40.5 Å². The van der Waals surface area contributed by atoms with Crippen LogP contribution in [0.4, 0.5) is 10.8 Å². The lowest BCUT2D eigenvalue weighted by Gasteiger charge is -2.12. The quantitative estimate of drug-likeness (QED) is 0.341. The maximum absolute atomic E-state index is 12.4. The van der Waals surface area contributed by atoms with Crippen LogP contribution in [0.2, 0.25) is 5.02 Å². The summed E-state index contributed by atoms with van der Waals surface area (Å²) in [7, 11) is 0. The number of amides is 3. The Hall–Kier alpha value is -3.70. The number of carbonyl (C=O) groups excluding carboxylic acids is 3. The first-order valence-corrected chi connectivity index (χ1v) is 10.1. The molecule has 0 aliphatic carbocycles. The van der Waals surface area contributed by atoms with Crippen LogP contribution in [0.1, 0.15) is 36.1 Å². The van der Waals surface area contributed by atoms with Crippen LogP contribution in [-0.4, -0.2) is 44.3 Å². The highest BCUT2D eigenvalue weighted by atomic mass is 35.5. The van der Waals surface area contributed by atoms with Crippen molar-refractivity contribution in [3.63, 3.8) is 0 Å². The zero-order valence-corrected chi connectivity index (χ0v) is 17.1. The van der Waals surface area contributed by atoms with Crippen molar-refractivity contribution in [3.8, 4) is 0 Å². The van der Waals surface area contributed by atoms with E-state index in [0.29, 0.717) is 16.1 Å². The molecule has 12 heteroatoms. The van der Waals surface area contributed by atoms with Crippen LogP contribution in [0.25, 0.3) is 0 Å². The van der Waals surface area contributed by atoms with Gasteiger partial charge in [-0.15, -0.1) is 10.2 Å². The van der Waals surface area contributed by atoms with Crippen LogP contribution >= 0.6 is 22.9 Å². The van der Waals surface area contributed by atoms with Crippen LogP contribution in [0.15, 0.2) is 42.5 Å². The van der Waals surface area contributed by atoms with Gasteiger partial charge in [-0.2, -0.15) is 0 Å². The van der Waals surface area contributed by atoms with Crippen molar-refractivity contribution in [2.24, 2.45) is 0 Å². The zero-order valence-electron chi connectivity index (χ0n) is 15.6. The van der Waals surface area contributed by atoms with Gasteiger partial charge in [-0.3, -0.25) is 34.7 Å². The fourth-order valence-electron chi connectivity index (χ4n) is 3.07. The summed E-state index contributed by atoms with van der Waals surface area (Å²) in [5.41, 5.74) is 0.127. The Kier molecular flexibility index (Phi) is 5.44. The van der Waals surface area contributed by atoms with E-state index < -0.39 is 16.5 Å². The van der Waals surface area contributed by atoms with Gasteiger partial charge in [0, 0.05) is 24.1 Å². The number of aromatic nitrogens is 2. The normalized spacial score (nSPS) is 12.7. The van der Waals surface area contributed by atoms with Crippen molar-refractivity contribution < 1.29 is 19.3 Å². The molecule has 1 aromatic heterocycles. The van der Waals surface area contributed by atoms with Crippen molar-refractivity contribution in [1.29, 1.82) is 0 Å². The summed E-state index contributed by atoms with van der Waals surface area (Å²) in [6.45, 7) is 0.109. The molecule has 10 nitrogen and oxygen atoms in total. The third-order valence-corrected chi connectivity index (χ3v) is 5.65. The van der Waals surface area contributed by atoms with E-state index >= 15 is 0 Å². The summed E-state index contributed by atoms with van der Waals surface area (Å²) in [6, 6.07) is 10.3. The predicted molar refractivity (Wildman–Crippen MR) is 111 cm³/mol. The minimum absolute atomic E-state index is 0.109. The number of nitro benzene ring substituents is 1. The highest BCUT2D eigenvalue weighted by Gasteiger charge is 2.34. The summed E-state index contributed by atoms with van der Waals surface area (Å²) in [4.78, 5) is 48.8. The van der Waals surface area contributed by atoms with Gasteiger partial charge < -0.3 is 0 Å². The molecule has 0 saturated heterocycles. The summed E-state index contributed by atoms with van der Waals surface area (Å²) in [5, 5.41) is 22.2. The topological polar surface area (TPSA) is 135 Å². The summed E-state index contributed by atoms with van der Waals surface area (Å²) in [5.74, 6) is -1.46. The lowest BCUT2D eigenvalue weighted by molar-refractivity contribution is -0.385. The number of fused-ring (bicyclic) bond motifs is 1. The fourth-order valence-corrected chi connectivity index (χ4v) is 3.96. The highest BCUT2D eigenvalue weighted by Crippen LogP contribution is 2.26. The molecule has 31 heavy (non-hydrogen) atoms. The standard InChI is InChI=1S/C19H12ClN5O5S/c20-10-5-6-13(14(9-10)25(29)30)16(26)21-19-23-22-15(31-19)7-8-24-17(27)11-3-1-2-4-12(11)18(24)28/h1-6,9H,7-8H2,(H,21,23,26). The average Bonchev–Trinajstić information content (AvgIpc) is 3.29. The molecule has 0 spiro atoms. The van der Waals surface area contributed by atoms with E-state index in [0.717, 1.165) is 22.3 Å². The molecule has 0 atom stereocenters.